The van der Waals surface area contributed by atoms with E-state index in [2.05, 4.69) is 10.6 Å². The second-order valence-electron chi connectivity index (χ2n) is 9.34. The molecule has 0 aromatic heterocycles. The predicted octanol–water partition coefficient (Wildman–Crippen LogP) is 2.26. The summed E-state index contributed by atoms with van der Waals surface area (Å²) in [7, 11) is 0. The number of rotatable bonds is 4. The number of phenolic OH excluding ortho intramolecular Hbond substituents is 2. The Hall–Kier alpha value is -4.17. The van der Waals surface area contributed by atoms with Crippen LogP contribution in [-0.4, -0.2) is 38.9 Å². The lowest BCUT2D eigenvalue weighted by atomic mass is 9.76. The first-order valence-electron chi connectivity index (χ1n) is 11.5. The summed E-state index contributed by atoms with van der Waals surface area (Å²) in [5.74, 6) is -3.23. The number of hydrogen-bond acceptors (Lipinski definition) is 6. The van der Waals surface area contributed by atoms with E-state index >= 15 is 0 Å². The Labute approximate surface area is 201 Å². The molecule has 3 heterocycles. The van der Waals surface area contributed by atoms with E-state index < -0.39 is 23.4 Å². The first-order chi connectivity index (χ1) is 16.9. The second kappa shape index (κ2) is 7.68. The van der Waals surface area contributed by atoms with Crippen LogP contribution < -0.4 is 10.6 Å². The highest BCUT2D eigenvalue weighted by Gasteiger charge is 2.70. The number of carbonyl (C=O) groups is 3. The third-order valence-corrected chi connectivity index (χ3v) is 7.39. The first-order valence-corrected chi connectivity index (χ1v) is 11.5. The van der Waals surface area contributed by atoms with Crippen LogP contribution in [-0.2, 0) is 32.9 Å². The Morgan fingerprint density at radius 2 is 1.57 bits per heavy atom. The third kappa shape index (κ3) is 3.06. The van der Waals surface area contributed by atoms with E-state index in [0.717, 1.165) is 5.56 Å². The summed E-state index contributed by atoms with van der Waals surface area (Å²) >= 11 is 0. The highest BCUT2D eigenvalue weighted by molar-refractivity contribution is 6.15. The SMILES string of the molecule is O=C1[C@@H]2C(Cc3ccc(O)c(O)c3)NC3(C(=O)Nc4ccccc43)[C@@H]2C(=O)N1Cc1ccccc1. The number of amides is 3. The molecule has 2 fully saturated rings. The van der Waals surface area contributed by atoms with Crippen LogP contribution in [0.25, 0.3) is 0 Å². The van der Waals surface area contributed by atoms with Crippen LogP contribution in [0.5, 0.6) is 11.5 Å². The number of nitrogens with one attached hydrogen (secondary N) is 2. The molecule has 6 rings (SSSR count). The first kappa shape index (κ1) is 21.4. The number of aromatic hydroxyl groups is 2. The van der Waals surface area contributed by atoms with Crippen molar-refractivity contribution in [2.24, 2.45) is 11.8 Å². The molecule has 0 saturated carbocycles. The molecular formula is C27H23N3O5. The highest BCUT2D eigenvalue weighted by atomic mass is 16.3. The van der Waals surface area contributed by atoms with Gasteiger partial charge in [-0.05, 0) is 35.7 Å². The number of imide groups is 1. The fraction of sp³-hybridized carbons (Fsp3) is 0.222. The van der Waals surface area contributed by atoms with Crippen LogP contribution in [0, 0.1) is 11.8 Å². The molecule has 2 unspecified atom stereocenters. The molecule has 4 atom stereocenters. The molecule has 2 saturated heterocycles. The monoisotopic (exact) mass is 469 g/mol. The lowest BCUT2D eigenvalue weighted by molar-refractivity contribution is -0.143. The van der Waals surface area contributed by atoms with E-state index in [1.807, 2.05) is 48.5 Å². The summed E-state index contributed by atoms with van der Waals surface area (Å²) in [5, 5.41) is 25.9. The maximum Gasteiger partial charge on any atom is 0.250 e. The van der Waals surface area contributed by atoms with Crippen LogP contribution in [0.1, 0.15) is 16.7 Å². The van der Waals surface area contributed by atoms with E-state index in [1.165, 1.54) is 17.0 Å². The second-order valence-corrected chi connectivity index (χ2v) is 9.34. The lowest BCUT2D eigenvalue weighted by Gasteiger charge is -2.29. The Bertz CT molecular complexity index is 1370. The van der Waals surface area contributed by atoms with Gasteiger partial charge in [-0.3, -0.25) is 24.6 Å². The van der Waals surface area contributed by atoms with Crippen LogP contribution in [0.2, 0.25) is 0 Å². The molecule has 176 valence electrons. The molecule has 8 nitrogen and oxygen atoms in total. The van der Waals surface area contributed by atoms with Crippen molar-refractivity contribution in [1.29, 1.82) is 0 Å². The van der Waals surface area contributed by atoms with Gasteiger partial charge in [0.05, 0.1) is 18.4 Å². The van der Waals surface area contributed by atoms with E-state index in [-0.39, 0.29) is 42.2 Å². The normalized spacial score (nSPS) is 26.8. The minimum atomic E-state index is -1.37. The van der Waals surface area contributed by atoms with Crippen molar-refractivity contribution >= 4 is 23.4 Å². The van der Waals surface area contributed by atoms with Crippen LogP contribution in [0.3, 0.4) is 0 Å². The average Bonchev–Trinajstić information content (AvgIpc) is 3.43. The van der Waals surface area contributed by atoms with Crippen LogP contribution in [0.15, 0.2) is 72.8 Å². The third-order valence-electron chi connectivity index (χ3n) is 7.39. The van der Waals surface area contributed by atoms with Crippen molar-refractivity contribution in [3.63, 3.8) is 0 Å². The van der Waals surface area contributed by atoms with Gasteiger partial charge in [0, 0.05) is 17.3 Å². The van der Waals surface area contributed by atoms with Crippen molar-refractivity contribution < 1.29 is 24.6 Å². The van der Waals surface area contributed by atoms with E-state index in [4.69, 9.17) is 0 Å². The van der Waals surface area contributed by atoms with Gasteiger partial charge in [-0.1, -0.05) is 54.6 Å². The van der Waals surface area contributed by atoms with Crippen molar-refractivity contribution in [3.8, 4) is 11.5 Å². The van der Waals surface area contributed by atoms with Crippen molar-refractivity contribution in [1.82, 2.24) is 10.2 Å². The Balaban J connectivity index is 1.44. The Morgan fingerprint density at radius 1 is 0.829 bits per heavy atom. The minimum absolute atomic E-state index is 0.136. The van der Waals surface area contributed by atoms with Gasteiger partial charge >= 0.3 is 0 Å². The molecule has 4 N–H and O–H groups in total. The fourth-order valence-electron chi connectivity index (χ4n) is 5.86. The summed E-state index contributed by atoms with van der Waals surface area (Å²) in [6.07, 6.45) is 0.282. The van der Waals surface area contributed by atoms with Crippen molar-refractivity contribution in [3.05, 3.63) is 89.5 Å². The number of anilines is 1. The zero-order valence-electron chi connectivity index (χ0n) is 18.6. The van der Waals surface area contributed by atoms with Gasteiger partial charge < -0.3 is 15.5 Å². The smallest absolute Gasteiger partial charge is 0.250 e. The fourth-order valence-corrected chi connectivity index (χ4v) is 5.86. The number of hydrogen-bond donors (Lipinski definition) is 4. The van der Waals surface area contributed by atoms with E-state index in [1.54, 1.807) is 12.1 Å². The van der Waals surface area contributed by atoms with Gasteiger partial charge in [0.15, 0.2) is 11.5 Å². The topological polar surface area (TPSA) is 119 Å². The largest absolute Gasteiger partial charge is 0.504 e. The van der Waals surface area contributed by atoms with Gasteiger partial charge in [-0.15, -0.1) is 0 Å². The van der Waals surface area contributed by atoms with Crippen molar-refractivity contribution in [2.45, 2.75) is 24.5 Å². The molecule has 3 aliphatic rings. The quantitative estimate of drug-likeness (QED) is 0.344. The number of carbonyl (C=O) groups excluding carboxylic acids is 3. The number of nitrogens with zero attached hydrogens (tertiary/aromatic N) is 1. The zero-order chi connectivity index (χ0) is 24.3. The molecule has 0 bridgehead atoms. The Morgan fingerprint density at radius 3 is 2.34 bits per heavy atom. The highest BCUT2D eigenvalue weighted by Crippen LogP contribution is 2.53. The molecule has 0 aliphatic carbocycles. The number of fused-ring (bicyclic) bond motifs is 4. The number of likely N-dealkylation sites (tertiary alicyclic amines) is 1. The maximum absolute atomic E-state index is 13.8. The molecule has 0 radical (unpaired) electrons. The van der Waals surface area contributed by atoms with Crippen LogP contribution >= 0.6 is 0 Å². The van der Waals surface area contributed by atoms with Gasteiger partial charge in [0.25, 0.3) is 0 Å². The average molecular weight is 469 g/mol. The summed E-state index contributed by atoms with van der Waals surface area (Å²) < 4.78 is 0. The number of phenols is 2. The van der Waals surface area contributed by atoms with E-state index in [0.29, 0.717) is 16.8 Å². The standard InChI is InChI=1S/C27H23N3O5/c31-20-11-10-16(13-21(20)32)12-19-22-23(25(34)30(24(22)33)14-15-6-2-1-3-7-15)27(29-19)17-8-4-5-9-18(17)28-26(27)35/h1-11,13,19,22-23,29,31-32H,12,14H2,(H,28,35)/t19?,22-,23+,27?/m1/s1. The summed E-state index contributed by atoms with van der Waals surface area (Å²) in [4.78, 5) is 42.3. The molecule has 3 aliphatic heterocycles. The molecule has 3 aromatic carbocycles. The summed E-state index contributed by atoms with van der Waals surface area (Å²) in [5.41, 5.74) is 1.39. The van der Waals surface area contributed by atoms with E-state index in [9.17, 15) is 24.6 Å². The predicted molar refractivity (Wildman–Crippen MR) is 126 cm³/mol. The molecular weight excluding hydrogens is 446 g/mol. The van der Waals surface area contributed by atoms with Gasteiger partial charge in [-0.25, -0.2) is 0 Å². The van der Waals surface area contributed by atoms with Gasteiger partial charge in [0.2, 0.25) is 17.7 Å². The lowest BCUT2D eigenvalue weighted by Crippen LogP contribution is -2.53. The Kier molecular flexibility index (Phi) is 4.69. The number of para-hydroxylation sites is 1. The molecule has 3 aromatic rings. The number of benzene rings is 3. The summed E-state index contributed by atoms with van der Waals surface area (Å²) in [6.45, 7) is 0.136. The van der Waals surface area contributed by atoms with Gasteiger partial charge in [0.1, 0.15) is 5.54 Å². The zero-order valence-corrected chi connectivity index (χ0v) is 18.6. The molecule has 3 amide bonds. The molecule has 35 heavy (non-hydrogen) atoms. The van der Waals surface area contributed by atoms with Crippen LogP contribution in [0.4, 0.5) is 5.69 Å². The van der Waals surface area contributed by atoms with Gasteiger partial charge in [-0.2, -0.15) is 0 Å². The maximum atomic E-state index is 13.8. The summed E-state index contributed by atoms with van der Waals surface area (Å²) in [6, 6.07) is 20.4. The molecule has 8 heteroatoms. The minimum Gasteiger partial charge on any atom is -0.504 e. The molecule has 1 spiro atoms. The van der Waals surface area contributed by atoms with Crippen molar-refractivity contribution in [2.75, 3.05) is 5.32 Å².